The molecule has 1 rings (SSSR count). The van der Waals surface area contributed by atoms with Crippen molar-refractivity contribution in [1.82, 2.24) is 5.32 Å². The normalized spacial score (nSPS) is 14.5. The number of amides is 1. The molecule has 35 heavy (non-hydrogen) atoms. The Balaban J connectivity index is 2.78. The number of hydrogen-bond acceptors (Lipinski definition) is 6. The maximum absolute atomic E-state index is 12.8. The predicted molar refractivity (Wildman–Crippen MR) is 142 cm³/mol. The first kappa shape index (κ1) is 31.2. The van der Waals surface area contributed by atoms with E-state index in [0.29, 0.717) is 31.3 Å². The van der Waals surface area contributed by atoms with Gasteiger partial charge in [-0.25, -0.2) is 0 Å². The van der Waals surface area contributed by atoms with Gasteiger partial charge in [0.2, 0.25) is 5.91 Å². The van der Waals surface area contributed by atoms with E-state index in [2.05, 4.69) is 25.2 Å². The number of aliphatic hydroxyl groups excluding tert-OH is 1. The summed E-state index contributed by atoms with van der Waals surface area (Å²) in [5.74, 6) is 2.09. The van der Waals surface area contributed by atoms with Crippen molar-refractivity contribution in [3.8, 4) is 11.5 Å². The topological polar surface area (TPSA) is 103 Å². The lowest BCUT2D eigenvalue weighted by atomic mass is 9.79. The second kappa shape index (κ2) is 16.0. The van der Waals surface area contributed by atoms with Gasteiger partial charge in [0.05, 0.1) is 19.8 Å². The molecule has 0 radical (unpaired) electrons. The van der Waals surface area contributed by atoms with Gasteiger partial charge in [0.25, 0.3) is 0 Å². The maximum atomic E-state index is 12.8. The molecule has 1 amide bonds. The molecule has 0 fully saturated rings. The number of benzene rings is 1. The van der Waals surface area contributed by atoms with Gasteiger partial charge in [0.1, 0.15) is 0 Å². The zero-order chi connectivity index (χ0) is 26.4. The van der Waals surface area contributed by atoms with Gasteiger partial charge in [-0.1, -0.05) is 40.7 Å². The molecular formula is C28H50N2O5. The van der Waals surface area contributed by atoms with Crippen LogP contribution in [-0.4, -0.2) is 57.1 Å². The molecule has 0 aliphatic carbocycles. The number of methoxy groups -OCH3 is 2. The number of ether oxygens (including phenoxy) is 3. The molecule has 7 heteroatoms. The van der Waals surface area contributed by atoms with Crippen LogP contribution in [0.4, 0.5) is 0 Å². The van der Waals surface area contributed by atoms with Gasteiger partial charge >= 0.3 is 0 Å². The van der Waals surface area contributed by atoms with Gasteiger partial charge in [-0.15, -0.1) is 0 Å². The number of aliphatic hydroxyl groups is 1. The monoisotopic (exact) mass is 494 g/mol. The third-order valence-electron chi connectivity index (χ3n) is 7.47. The Morgan fingerprint density at radius 1 is 1.09 bits per heavy atom. The summed E-state index contributed by atoms with van der Waals surface area (Å²) in [6, 6.07) is 5.59. The van der Waals surface area contributed by atoms with Crippen LogP contribution in [0.3, 0.4) is 0 Å². The van der Waals surface area contributed by atoms with Crippen molar-refractivity contribution in [2.24, 2.45) is 23.0 Å². The van der Waals surface area contributed by atoms with Crippen molar-refractivity contribution < 1.29 is 24.1 Å². The molecule has 0 aliphatic rings. The van der Waals surface area contributed by atoms with Gasteiger partial charge in [0, 0.05) is 38.1 Å². The van der Waals surface area contributed by atoms with E-state index in [1.807, 2.05) is 32.9 Å². The summed E-state index contributed by atoms with van der Waals surface area (Å²) in [7, 11) is 3.32. The molecule has 0 unspecified atom stereocenters. The fraction of sp³-hybridized carbons (Fsp3) is 0.750. The van der Waals surface area contributed by atoms with Crippen molar-refractivity contribution in [2.75, 3.05) is 34.0 Å². The number of nitrogens with one attached hydrogen (secondary N) is 1. The van der Waals surface area contributed by atoms with E-state index in [1.165, 1.54) is 0 Å². The Bertz CT molecular complexity index is 728. The Morgan fingerprint density at radius 3 is 2.29 bits per heavy atom. The van der Waals surface area contributed by atoms with Gasteiger partial charge in [0.15, 0.2) is 11.5 Å². The Labute approximate surface area is 213 Å². The van der Waals surface area contributed by atoms with E-state index in [4.69, 9.17) is 19.9 Å². The first-order chi connectivity index (χ1) is 16.7. The van der Waals surface area contributed by atoms with E-state index in [0.717, 1.165) is 43.4 Å². The van der Waals surface area contributed by atoms with E-state index in [-0.39, 0.29) is 23.8 Å². The second-order valence-electron chi connectivity index (χ2n) is 9.91. The molecule has 0 saturated heterocycles. The fourth-order valence-corrected chi connectivity index (χ4v) is 4.51. The fourth-order valence-electron chi connectivity index (χ4n) is 4.51. The van der Waals surface area contributed by atoms with E-state index in [1.54, 1.807) is 14.2 Å². The maximum Gasteiger partial charge on any atom is 0.226 e. The van der Waals surface area contributed by atoms with Gasteiger partial charge in [-0.05, 0) is 61.6 Å². The zero-order valence-corrected chi connectivity index (χ0v) is 23.1. The standard InChI is InChI=1S/C28H50N2O5/c1-8-28(9-2,10-3)27(32)30-19-24(31)23(29)18-22(20(4)5)16-21-12-13-25(34-7)26(17-21)35-15-11-14-33-6/h12-13,17,20,22-24,31H,8-11,14-16,18-19,29H2,1-7H3,(H,30,32)/t22-,23-,24-/m0/s1. The lowest BCUT2D eigenvalue weighted by Gasteiger charge is -2.31. The van der Waals surface area contributed by atoms with Crippen LogP contribution < -0.4 is 20.5 Å². The number of nitrogens with two attached hydrogens (primary N) is 1. The molecule has 202 valence electrons. The first-order valence-electron chi connectivity index (χ1n) is 13.2. The average molecular weight is 495 g/mol. The summed E-state index contributed by atoms with van der Waals surface area (Å²) in [6.45, 7) is 11.8. The summed E-state index contributed by atoms with van der Waals surface area (Å²) in [6.07, 6.45) is 3.82. The SMILES string of the molecule is CCC(CC)(CC)C(=O)NC[C@H](O)[C@@H](N)C[C@H](Cc1ccc(OC)c(OCCCOC)c1)C(C)C. The minimum Gasteiger partial charge on any atom is -0.493 e. The quantitative estimate of drug-likeness (QED) is 0.262. The highest BCUT2D eigenvalue weighted by molar-refractivity contribution is 5.82. The van der Waals surface area contributed by atoms with Gasteiger partial charge in [-0.3, -0.25) is 4.79 Å². The van der Waals surface area contributed by atoms with Crippen LogP contribution in [0, 0.1) is 17.3 Å². The van der Waals surface area contributed by atoms with Crippen molar-refractivity contribution in [1.29, 1.82) is 0 Å². The number of carbonyl (C=O) groups excluding carboxylic acids is 1. The van der Waals surface area contributed by atoms with E-state index >= 15 is 0 Å². The first-order valence-corrected chi connectivity index (χ1v) is 13.2. The van der Waals surface area contributed by atoms with Crippen LogP contribution in [0.5, 0.6) is 11.5 Å². The van der Waals surface area contributed by atoms with Crippen molar-refractivity contribution in [2.45, 2.75) is 85.3 Å². The Morgan fingerprint density at radius 2 is 1.74 bits per heavy atom. The van der Waals surface area contributed by atoms with Crippen molar-refractivity contribution in [3.63, 3.8) is 0 Å². The van der Waals surface area contributed by atoms with Crippen LogP contribution in [0.25, 0.3) is 0 Å². The highest BCUT2D eigenvalue weighted by Gasteiger charge is 2.33. The largest absolute Gasteiger partial charge is 0.493 e. The van der Waals surface area contributed by atoms with Crippen LogP contribution >= 0.6 is 0 Å². The molecule has 0 spiro atoms. The predicted octanol–water partition coefficient (Wildman–Crippen LogP) is 4.34. The summed E-state index contributed by atoms with van der Waals surface area (Å²) >= 11 is 0. The van der Waals surface area contributed by atoms with Crippen LogP contribution in [0.1, 0.15) is 72.3 Å². The molecule has 0 saturated carbocycles. The Hall–Kier alpha value is -1.83. The molecule has 3 atom stereocenters. The van der Waals surface area contributed by atoms with Gasteiger partial charge < -0.3 is 30.4 Å². The molecule has 1 aromatic carbocycles. The highest BCUT2D eigenvalue weighted by atomic mass is 16.5. The molecule has 0 heterocycles. The van der Waals surface area contributed by atoms with Crippen molar-refractivity contribution >= 4 is 5.91 Å². The third-order valence-corrected chi connectivity index (χ3v) is 7.47. The smallest absolute Gasteiger partial charge is 0.226 e. The average Bonchev–Trinajstić information content (AvgIpc) is 2.86. The summed E-state index contributed by atoms with van der Waals surface area (Å²) in [5, 5.41) is 13.7. The molecule has 7 nitrogen and oxygen atoms in total. The molecular weight excluding hydrogens is 444 g/mol. The zero-order valence-electron chi connectivity index (χ0n) is 23.1. The minimum atomic E-state index is -0.793. The number of carbonyl (C=O) groups is 1. The van der Waals surface area contributed by atoms with E-state index in [9.17, 15) is 9.90 Å². The molecule has 1 aromatic rings. The minimum absolute atomic E-state index is 0.00733. The van der Waals surface area contributed by atoms with Crippen LogP contribution in [0.2, 0.25) is 0 Å². The summed E-state index contributed by atoms with van der Waals surface area (Å²) < 4.78 is 16.5. The highest BCUT2D eigenvalue weighted by Crippen LogP contribution is 2.32. The molecule has 0 aliphatic heterocycles. The third kappa shape index (κ3) is 9.62. The van der Waals surface area contributed by atoms with Gasteiger partial charge in [-0.2, -0.15) is 0 Å². The molecule has 0 bridgehead atoms. The molecule has 0 aromatic heterocycles. The van der Waals surface area contributed by atoms with Crippen LogP contribution in [-0.2, 0) is 16.0 Å². The summed E-state index contributed by atoms with van der Waals surface area (Å²) in [5.41, 5.74) is 7.18. The lowest BCUT2D eigenvalue weighted by molar-refractivity contribution is -0.132. The second-order valence-corrected chi connectivity index (χ2v) is 9.91. The molecule has 4 N–H and O–H groups in total. The Kier molecular flexibility index (Phi) is 14.3. The van der Waals surface area contributed by atoms with E-state index < -0.39 is 12.1 Å². The summed E-state index contributed by atoms with van der Waals surface area (Å²) in [4.78, 5) is 12.8. The van der Waals surface area contributed by atoms with Crippen LogP contribution in [0.15, 0.2) is 18.2 Å². The lowest BCUT2D eigenvalue weighted by Crippen LogP contribution is -2.48. The number of rotatable bonds is 18. The van der Waals surface area contributed by atoms with Crippen molar-refractivity contribution in [3.05, 3.63) is 23.8 Å². The number of hydrogen-bond donors (Lipinski definition) is 3.